The van der Waals surface area contributed by atoms with Gasteiger partial charge in [0.05, 0.1) is 0 Å². The Balaban J connectivity index is 1.79. The predicted molar refractivity (Wildman–Crippen MR) is 77.4 cm³/mol. The van der Waals surface area contributed by atoms with Gasteiger partial charge in [-0.1, -0.05) is 0 Å². The first kappa shape index (κ1) is 14.7. The van der Waals surface area contributed by atoms with Crippen LogP contribution in [-0.4, -0.2) is 33.4 Å². The van der Waals surface area contributed by atoms with Crippen molar-refractivity contribution in [3.05, 3.63) is 53.6 Å². The molecular weight excluding hydrogens is 288 g/mol. The standard InChI is InChI=1S/C16H17F2N3O/c1-20-6-4-19-15(20)11-3-2-5-21(10-11)16(22)12-7-13(17)9-14(18)8-12/h4,6-9,11H,2-3,5,10H2,1H3. The van der Waals surface area contributed by atoms with Crippen molar-refractivity contribution in [1.82, 2.24) is 14.5 Å². The van der Waals surface area contributed by atoms with Gasteiger partial charge in [-0.25, -0.2) is 13.8 Å². The lowest BCUT2D eigenvalue weighted by Crippen LogP contribution is -2.39. The van der Waals surface area contributed by atoms with Gasteiger partial charge in [-0.15, -0.1) is 0 Å². The fourth-order valence-electron chi connectivity index (χ4n) is 3.00. The first-order valence-corrected chi connectivity index (χ1v) is 7.27. The summed E-state index contributed by atoms with van der Waals surface area (Å²) in [6.07, 6.45) is 5.41. The minimum atomic E-state index is -0.735. The highest BCUT2D eigenvalue weighted by atomic mass is 19.1. The molecule has 1 fully saturated rings. The monoisotopic (exact) mass is 305 g/mol. The van der Waals surface area contributed by atoms with E-state index in [9.17, 15) is 13.6 Å². The molecule has 22 heavy (non-hydrogen) atoms. The molecule has 0 spiro atoms. The molecule has 6 heteroatoms. The van der Waals surface area contributed by atoms with Crippen LogP contribution in [0.2, 0.25) is 0 Å². The number of nitrogens with zero attached hydrogens (tertiary/aromatic N) is 3. The van der Waals surface area contributed by atoms with Crippen LogP contribution in [0.15, 0.2) is 30.6 Å². The SMILES string of the molecule is Cn1ccnc1C1CCCN(C(=O)c2cc(F)cc(F)c2)C1. The molecule has 0 radical (unpaired) electrons. The first-order chi connectivity index (χ1) is 10.5. The van der Waals surface area contributed by atoms with E-state index in [1.807, 2.05) is 17.8 Å². The van der Waals surface area contributed by atoms with Crippen molar-refractivity contribution in [3.63, 3.8) is 0 Å². The van der Waals surface area contributed by atoms with E-state index in [1.165, 1.54) is 0 Å². The zero-order chi connectivity index (χ0) is 15.7. The van der Waals surface area contributed by atoms with Crippen LogP contribution in [-0.2, 0) is 7.05 Å². The zero-order valence-electron chi connectivity index (χ0n) is 12.3. The van der Waals surface area contributed by atoms with Crippen molar-refractivity contribution in [2.75, 3.05) is 13.1 Å². The summed E-state index contributed by atoms with van der Waals surface area (Å²) in [5.41, 5.74) is 0.0537. The summed E-state index contributed by atoms with van der Waals surface area (Å²) in [4.78, 5) is 18.5. The van der Waals surface area contributed by atoms with Gasteiger partial charge in [0.2, 0.25) is 0 Å². The normalized spacial score (nSPS) is 18.5. The number of piperidine rings is 1. The Morgan fingerprint density at radius 3 is 2.64 bits per heavy atom. The lowest BCUT2D eigenvalue weighted by Gasteiger charge is -2.32. The molecule has 4 nitrogen and oxygen atoms in total. The van der Waals surface area contributed by atoms with E-state index in [-0.39, 0.29) is 17.4 Å². The second kappa shape index (κ2) is 5.87. The molecule has 1 atom stereocenters. The largest absolute Gasteiger partial charge is 0.338 e. The molecule has 1 aliphatic heterocycles. The van der Waals surface area contributed by atoms with Crippen LogP contribution < -0.4 is 0 Å². The van der Waals surface area contributed by atoms with E-state index >= 15 is 0 Å². The smallest absolute Gasteiger partial charge is 0.254 e. The number of benzene rings is 1. The summed E-state index contributed by atoms with van der Waals surface area (Å²) >= 11 is 0. The Kier molecular flexibility index (Phi) is 3.92. The number of likely N-dealkylation sites (tertiary alicyclic amines) is 1. The minimum Gasteiger partial charge on any atom is -0.338 e. The summed E-state index contributed by atoms with van der Waals surface area (Å²) in [5.74, 6) is -0.724. The Labute approximate surface area is 127 Å². The Hall–Kier alpha value is -2.24. The highest BCUT2D eigenvalue weighted by Gasteiger charge is 2.27. The Morgan fingerprint density at radius 1 is 1.27 bits per heavy atom. The molecule has 1 amide bonds. The van der Waals surface area contributed by atoms with Crippen molar-refractivity contribution in [1.29, 1.82) is 0 Å². The van der Waals surface area contributed by atoms with E-state index in [4.69, 9.17) is 0 Å². The fraction of sp³-hybridized carbons (Fsp3) is 0.375. The van der Waals surface area contributed by atoms with Gasteiger partial charge >= 0.3 is 0 Å². The Morgan fingerprint density at radius 2 is 2.00 bits per heavy atom. The molecule has 1 unspecified atom stereocenters. The number of hydrogen-bond acceptors (Lipinski definition) is 2. The number of carbonyl (C=O) groups is 1. The summed E-state index contributed by atoms with van der Waals surface area (Å²) in [6.45, 7) is 1.11. The maximum Gasteiger partial charge on any atom is 0.254 e. The minimum absolute atomic E-state index is 0.0537. The average molecular weight is 305 g/mol. The average Bonchev–Trinajstić information content (AvgIpc) is 2.92. The number of carbonyl (C=O) groups excluding carboxylic acids is 1. The number of amides is 1. The lowest BCUT2D eigenvalue weighted by molar-refractivity contribution is 0.0702. The first-order valence-electron chi connectivity index (χ1n) is 7.27. The van der Waals surface area contributed by atoms with Gasteiger partial charge in [-0.05, 0) is 25.0 Å². The van der Waals surface area contributed by atoms with Gasteiger partial charge in [0.15, 0.2) is 0 Å². The molecule has 0 N–H and O–H groups in total. The third-order valence-electron chi connectivity index (χ3n) is 4.04. The summed E-state index contributed by atoms with van der Waals surface area (Å²) < 4.78 is 28.5. The molecule has 2 heterocycles. The van der Waals surface area contributed by atoms with Crippen LogP contribution in [0.1, 0.15) is 34.9 Å². The second-order valence-corrected chi connectivity index (χ2v) is 5.64. The Bertz CT molecular complexity index is 678. The van der Waals surface area contributed by atoms with E-state index in [1.54, 1.807) is 11.1 Å². The summed E-state index contributed by atoms with van der Waals surface area (Å²) in [5, 5.41) is 0. The van der Waals surface area contributed by atoms with E-state index in [0.717, 1.165) is 36.9 Å². The van der Waals surface area contributed by atoms with E-state index < -0.39 is 11.6 Å². The van der Waals surface area contributed by atoms with Crippen LogP contribution in [0.25, 0.3) is 0 Å². The van der Waals surface area contributed by atoms with Crippen molar-refractivity contribution in [2.24, 2.45) is 7.05 Å². The van der Waals surface area contributed by atoms with E-state index in [0.29, 0.717) is 13.1 Å². The predicted octanol–water partition coefficient (Wildman–Crippen LogP) is 2.72. The van der Waals surface area contributed by atoms with Gasteiger partial charge in [-0.3, -0.25) is 4.79 Å². The lowest BCUT2D eigenvalue weighted by atomic mass is 9.96. The highest BCUT2D eigenvalue weighted by Crippen LogP contribution is 2.26. The molecule has 2 aromatic rings. The van der Waals surface area contributed by atoms with Crippen molar-refractivity contribution >= 4 is 5.91 Å². The van der Waals surface area contributed by atoms with Crippen molar-refractivity contribution in [3.8, 4) is 0 Å². The number of rotatable bonds is 2. The van der Waals surface area contributed by atoms with Crippen molar-refractivity contribution < 1.29 is 13.6 Å². The molecule has 0 saturated carbocycles. The van der Waals surface area contributed by atoms with Gasteiger partial charge in [-0.2, -0.15) is 0 Å². The second-order valence-electron chi connectivity index (χ2n) is 5.64. The molecule has 1 aliphatic rings. The number of aryl methyl sites for hydroxylation is 1. The van der Waals surface area contributed by atoms with Crippen LogP contribution in [0.3, 0.4) is 0 Å². The third kappa shape index (κ3) is 2.86. The fourth-order valence-corrected chi connectivity index (χ4v) is 3.00. The summed E-state index contributed by atoms with van der Waals surface area (Å²) in [7, 11) is 1.92. The highest BCUT2D eigenvalue weighted by molar-refractivity contribution is 5.94. The molecule has 1 saturated heterocycles. The quantitative estimate of drug-likeness (QED) is 0.855. The van der Waals surface area contributed by atoms with Gasteiger partial charge in [0.25, 0.3) is 5.91 Å². The van der Waals surface area contributed by atoms with Crippen molar-refractivity contribution in [2.45, 2.75) is 18.8 Å². The van der Waals surface area contributed by atoms with Gasteiger partial charge < -0.3 is 9.47 Å². The number of aromatic nitrogens is 2. The zero-order valence-corrected chi connectivity index (χ0v) is 12.3. The van der Waals surface area contributed by atoms with Crippen LogP contribution in [0.5, 0.6) is 0 Å². The molecular formula is C16H17F2N3O. The van der Waals surface area contributed by atoms with Crippen LogP contribution >= 0.6 is 0 Å². The number of imidazole rings is 1. The molecule has 1 aromatic heterocycles. The maximum absolute atomic E-state index is 13.3. The molecule has 0 aliphatic carbocycles. The number of hydrogen-bond donors (Lipinski definition) is 0. The maximum atomic E-state index is 13.3. The molecule has 1 aromatic carbocycles. The molecule has 0 bridgehead atoms. The van der Waals surface area contributed by atoms with Gasteiger partial charge in [0.1, 0.15) is 17.5 Å². The number of halogens is 2. The topological polar surface area (TPSA) is 38.1 Å². The van der Waals surface area contributed by atoms with E-state index in [2.05, 4.69) is 4.98 Å². The molecule has 116 valence electrons. The van der Waals surface area contributed by atoms with Crippen LogP contribution in [0.4, 0.5) is 8.78 Å². The third-order valence-corrected chi connectivity index (χ3v) is 4.04. The van der Waals surface area contributed by atoms with Gasteiger partial charge in [0, 0.05) is 50.1 Å². The molecule has 3 rings (SSSR count). The summed E-state index contributed by atoms with van der Waals surface area (Å²) in [6, 6.07) is 2.93. The van der Waals surface area contributed by atoms with Crippen LogP contribution in [0, 0.1) is 11.6 Å².